The molecule has 27 heavy (non-hydrogen) atoms. The molecule has 3 rings (SSSR count). The Morgan fingerprint density at radius 1 is 1.33 bits per heavy atom. The van der Waals surface area contributed by atoms with Gasteiger partial charge in [-0.3, -0.25) is 4.79 Å². The van der Waals surface area contributed by atoms with Gasteiger partial charge in [-0.2, -0.15) is 0 Å². The molecule has 0 atom stereocenters. The quantitative estimate of drug-likeness (QED) is 0.575. The van der Waals surface area contributed by atoms with Gasteiger partial charge in [-0.15, -0.1) is 10.2 Å². The van der Waals surface area contributed by atoms with Crippen molar-refractivity contribution < 1.29 is 13.6 Å². The third-order valence-electron chi connectivity index (χ3n) is 3.99. The summed E-state index contributed by atoms with van der Waals surface area (Å²) in [4.78, 5) is 12.2. The lowest BCUT2D eigenvalue weighted by molar-refractivity contribution is -0.113. The summed E-state index contributed by atoms with van der Waals surface area (Å²) in [5.74, 6) is 1.06. The third kappa shape index (κ3) is 4.77. The molecular weight excluding hydrogens is 367 g/mol. The first kappa shape index (κ1) is 19.2. The number of benzene rings is 1. The minimum Gasteiger partial charge on any atom is -0.469 e. The van der Waals surface area contributed by atoms with E-state index in [1.165, 1.54) is 23.9 Å². The summed E-state index contributed by atoms with van der Waals surface area (Å²) in [5.41, 5.74) is 1.33. The van der Waals surface area contributed by atoms with E-state index in [0.29, 0.717) is 10.8 Å². The zero-order valence-corrected chi connectivity index (χ0v) is 16.1. The molecule has 0 saturated heterocycles. The molecule has 0 aliphatic rings. The van der Waals surface area contributed by atoms with Crippen LogP contribution in [0.2, 0.25) is 0 Å². The summed E-state index contributed by atoms with van der Waals surface area (Å²) in [6.45, 7) is 4.76. The summed E-state index contributed by atoms with van der Waals surface area (Å²) in [7, 11) is 0. The maximum absolute atomic E-state index is 13.2. The molecule has 2 heterocycles. The molecule has 0 aliphatic carbocycles. The molecule has 3 aromatic rings. The van der Waals surface area contributed by atoms with Crippen molar-refractivity contribution in [2.45, 2.75) is 38.4 Å². The SMILES string of the molecule is CCCCn1c(SCC(=O)Nc2cccc(F)c2)nnc1-c1ccoc1C. The second-order valence-corrected chi connectivity index (χ2v) is 6.99. The van der Waals surface area contributed by atoms with Gasteiger partial charge in [-0.25, -0.2) is 4.39 Å². The van der Waals surface area contributed by atoms with Crippen molar-refractivity contribution >= 4 is 23.4 Å². The summed E-state index contributed by atoms with van der Waals surface area (Å²) in [6.07, 6.45) is 3.64. The van der Waals surface area contributed by atoms with Crippen LogP contribution in [0.4, 0.5) is 10.1 Å². The molecule has 0 spiro atoms. The van der Waals surface area contributed by atoms with Crippen LogP contribution >= 0.6 is 11.8 Å². The lowest BCUT2D eigenvalue weighted by Crippen LogP contribution is -2.14. The minimum atomic E-state index is -0.389. The van der Waals surface area contributed by atoms with Crippen LogP contribution in [0.1, 0.15) is 25.5 Å². The molecule has 0 saturated carbocycles. The van der Waals surface area contributed by atoms with Crippen molar-refractivity contribution in [3.05, 3.63) is 48.2 Å². The number of aromatic nitrogens is 3. The highest BCUT2D eigenvalue weighted by molar-refractivity contribution is 7.99. The molecule has 142 valence electrons. The van der Waals surface area contributed by atoms with Crippen molar-refractivity contribution in [2.24, 2.45) is 0 Å². The Bertz CT molecular complexity index is 922. The number of halogens is 1. The van der Waals surface area contributed by atoms with Gasteiger partial charge in [0.1, 0.15) is 11.6 Å². The number of nitrogens with one attached hydrogen (secondary N) is 1. The van der Waals surface area contributed by atoms with E-state index in [-0.39, 0.29) is 17.5 Å². The van der Waals surface area contributed by atoms with E-state index in [0.717, 1.165) is 36.5 Å². The topological polar surface area (TPSA) is 73.0 Å². The Balaban J connectivity index is 1.71. The van der Waals surface area contributed by atoms with E-state index in [1.807, 2.05) is 17.6 Å². The standard InChI is InChI=1S/C19H21FN4O2S/c1-3-4-9-24-18(16-8-10-26-13(16)2)22-23-19(24)27-12-17(25)21-15-7-5-6-14(20)11-15/h5-8,10-11H,3-4,9,12H2,1-2H3,(H,21,25). The molecule has 0 aliphatic heterocycles. The number of amides is 1. The number of furan rings is 1. The molecular formula is C19H21FN4O2S. The van der Waals surface area contributed by atoms with Crippen LogP contribution in [-0.2, 0) is 11.3 Å². The first-order valence-corrected chi connectivity index (χ1v) is 9.73. The number of hydrogen-bond acceptors (Lipinski definition) is 5. The Morgan fingerprint density at radius 3 is 2.89 bits per heavy atom. The van der Waals surface area contributed by atoms with Crippen molar-refractivity contribution in [1.29, 1.82) is 0 Å². The van der Waals surface area contributed by atoms with Gasteiger partial charge in [0.25, 0.3) is 0 Å². The highest BCUT2D eigenvalue weighted by atomic mass is 32.2. The summed E-state index contributed by atoms with van der Waals surface area (Å²) < 4.78 is 20.6. The van der Waals surface area contributed by atoms with Gasteiger partial charge in [0.15, 0.2) is 11.0 Å². The molecule has 0 bridgehead atoms. The number of aryl methyl sites for hydroxylation is 1. The zero-order chi connectivity index (χ0) is 19.2. The number of anilines is 1. The Morgan fingerprint density at radius 2 is 2.19 bits per heavy atom. The van der Waals surface area contributed by atoms with Gasteiger partial charge in [0.05, 0.1) is 17.6 Å². The van der Waals surface area contributed by atoms with E-state index in [2.05, 4.69) is 22.4 Å². The van der Waals surface area contributed by atoms with Crippen LogP contribution in [0.25, 0.3) is 11.4 Å². The van der Waals surface area contributed by atoms with Crippen LogP contribution in [0.15, 0.2) is 46.2 Å². The first-order valence-electron chi connectivity index (χ1n) is 8.74. The molecule has 2 aromatic heterocycles. The summed E-state index contributed by atoms with van der Waals surface area (Å²) in [6, 6.07) is 7.69. The first-order chi connectivity index (χ1) is 13.1. The van der Waals surface area contributed by atoms with Crippen LogP contribution in [-0.4, -0.2) is 26.4 Å². The molecule has 6 nitrogen and oxygen atoms in total. The van der Waals surface area contributed by atoms with Crippen molar-refractivity contribution in [2.75, 3.05) is 11.1 Å². The molecule has 1 aromatic carbocycles. The number of carbonyl (C=O) groups is 1. The maximum Gasteiger partial charge on any atom is 0.234 e. The fraction of sp³-hybridized carbons (Fsp3) is 0.316. The van der Waals surface area contributed by atoms with Gasteiger partial charge >= 0.3 is 0 Å². The van der Waals surface area contributed by atoms with Crippen LogP contribution < -0.4 is 5.32 Å². The lowest BCUT2D eigenvalue weighted by Gasteiger charge is -2.09. The van der Waals surface area contributed by atoms with Crippen LogP contribution in [0, 0.1) is 12.7 Å². The maximum atomic E-state index is 13.2. The average Bonchev–Trinajstić information content (AvgIpc) is 3.23. The minimum absolute atomic E-state index is 0.158. The Labute approximate surface area is 161 Å². The molecule has 1 N–H and O–H groups in total. The fourth-order valence-electron chi connectivity index (χ4n) is 2.62. The van der Waals surface area contributed by atoms with Gasteiger partial charge in [-0.05, 0) is 37.6 Å². The number of rotatable bonds is 8. The normalized spacial score (nSPS) is 10.9. The predicted octanol–water partition coefficient (Wildman–Crippen LogP) is 4.52. The highest BCUT2D eigenvalue weighted by Gasteiger charge is 2.18. The van der Waals surface area contributed by atoms with Crippen LogP contribution in [0.5, 0.6) is 0 Å². The second kappa shape index (κ2) is 8.85. The number of carbonyl (C=O) groups excluding carboxylic acids is 1. The van der Waals surface area contributed by atoms with Gasteiger partial charge in [-0.1, -0.05) is 31.2 Å². The van der Waals surface area contributed by atoms with E-state index in [9.17, 15) is 9.18 Å². The Kier molecular flexibility index (Phi) is 6.28. The highest BCUT2D eigenvalue weighted by Crippen LogP contribution is 2.27. The fourth-order valence-corrected chi connectivity index (χ4v) is 3.39. The van der Waals surface area contributed by atoms with Gasteiger partial charge in [0.2, 0.25) is 5.91 Å². The molecule has 1 amide bonds. The molecule has 0 unspecified atom stereocenters. The lowest BCUT2D eigenvalue weighted by atomic mass is 10.2. The van der Waals surface area contributed by atoms with E-state index in [1.54, 1.807) is 18.4 Å². The number of hydrogen-bond donors (Lipinski definition) is 1. The van der Waals surface area contributed by atoms with Crippen molar-refractivity contribution in [3.63, 3.8) is 0 Å². The predicted molar refractivity (Wildman–Crippen MR) is 103 cm³/mol. The van der Waals surface area contributed by atoms with E-state index in [4.69, 9.17) is 4.42 Å². The van der Waals surface area contributed by atoms with E-state index < -0.39 is 0 Å². The third-order valence-corrected chi connectivity index (χ3v) is 4.96. The zero-order valence-electron chi connectivity index (χ0n) is 15.2. The Hall–Kier alpha value is -2.61. The summed E-state index contributed by atoms with van der Waals surface area (Å²) >= 11 is 1.31. The molecule has 0 fully saturated rings. The largest absolute Gasteiger partial charge is 0.469 e. The monoisotopic (exact) mass is 388 g/mol. The number of unbranched alkanes of at least 4 members (excludes halogenated alkanes) is 1. The number of nitrogens with zero attached hydrogens (tertiary/aromatic N) is 3. The van der Waals surface area contributed by atoms with Crippen molar-refractivity contribution in [1.82, 2.24) is 14.8 Å². The van der Waals surface area contributed by atoms with Gasteiger partial charge < -0.3 is 14.3 Å². The average molecular weight is 388 g/mol. The van der Waals surface area contributed by atoms with Crippen LogP contribution in [0.3, 0.4) is 0 Å². The van der Waals surface area contributed by atoms with E-state index >= 15 is 0 Å². The summed E-state index contributed by atoms with van der Waals surface area (Å²) in [5, 5.41) is 11.9. The molecule has 0 radical (unpaired) electrons. The smallest absolute Gasteiger partial charge is 0.234 e. The van der Waals surface area contributed by atoms with Crippen molar-refractivity contribution in [3.8, 4) is 11.4 Å². The second-order valence-electron chi connectivity index (χ2n) is 6.05. The van der Waals surface area contributed by atoms with Gasteiger partial charge in [0, 0.05) is 12.2 Å². The number of thioether (sulfide) groups is 1. The molecule has 8 heteroatoms.